The van der Waals surface area contributed by atoms with Gasteiger partial charge in [-0.25, -0.2) is 9.59 Å². The van der Waals surface area contributed by atoms with E-state index in [2.05, 4.69) is 10.6 Å². The Morgan fingerprint density at radius 1 is 1.50 bits per heavy atom. The highest BCUT2D eigenvalue weighted by Gasteiger charge is 2.26. The van der Waals surface area contributed by atoms with Crippen LogP contribution in [0.3, 0.4) is 0 Å². The first kappa shape index (κ1) is 14.8. The van der Waals surface area contributed by atoms with Crippen molar-refractivity contribution in [3.63, 3.8) is 0 Å². The third kappa shape index (κ3) is 4.18. The van der Waals surface area contributed by atoms with E-state index in [0.29, 0.717) is 25.4 Å². The van der Waals surface area contributed by atoms with Gasteiger partial charge in [0.1, 0.15) is 6.04 Å². The molecular formula is C12H23N3O3. The first-order chi connectivity index (χ1) is 8.58. The van der Waals surface area contributed by atoms with Gasteiger partial charge in [0, 0.05) is 13.1 Å². The van der Waals surface area contributed by atoms with Crippen molar-refractivity contribution in [2.24, 2.45) is 5.92 Å². The minimum Gasteiger partial charge on any atom is -0.480 e. The molecule has 3 N–H and O–H groups in total. The summed E-state index contributed by atoms with van der Waals surface area (Å²) in [5.41, 5.74) is 0. The van der Waals surface area contributed by atoms with E-state index in [-0.39, 0.29) is 6.03 Å². The molecule has 6 nitrogen and oxygen atoms in total. The Labute approximate surface area is 108 Å². The molecule has 0 spiro atoms. The summed E-state index contributed by atoms with van der Waals surface area (Å²) in [4.78, 5) is 24.5. The smallest absolute Gasteiger partial charge is 0.326 e. The summed E-state index contributed by atoms with van der Waals surface area (Å²) in [7, 11) is 1.90. The van der Waals surface area contributed by atoms with Crippen LogP contribution in [-0.4, -0.2) is 54.7 Å². The Morgan fingerprint density at radius 3 is 2.78 bits per heavy atom. The Hall–Kier alpha value is -1.30. The van der Waals surface area contributed by atoms with Crippen LogP contribution in [0.1, 0.15) is 26.2 Å². The van der Waals surface area contributed by atoms with Gasteiger partial charge in [-0.3, -0.25) is 0 Å². The third-order valence-corrected chi connectivity index (χ3v) is 3.30. The van der Waals surface area contributed by atoms with E-state index in [0.717, 1.165) is 19.4 Å². The predicted octanol–water partition coefficient (Wildman–Crippen LogP) is 0.491. The average Bonchev–Trinajstić information content (AvgIpc) is 2.36. The predicted molar refractivity (Wildman–Crippen MR) is 68.5 cm³/mol. The van der Waals surface area contributed by atoms with E-state index in [9.17, 15) is 9.59 Å². The normalized spacial score (nSPS) is 21.4. The average molecular weight is 257 g/mol. The summed E-state index contributed by atoms with van der Waals surface area (Å²) in [5, 5.41) is 14.6. The fraction of sp³-hybridized carbons (Fsp3) is 0.833. The number of urea groups is 1. The van der Waals surface area contributed by atoms with E-state index in [4.69, 9.17) is 5.11 Å². The van der Waals surface area contributed by atoms with E-state index in [1.807, 2.05) is 7.05 Å². The second-order valence-electron chi connectivity index (χ2n) is 4.76. The number of rotatable bonds is 5. The van der Waals surface area contributed by atoms with Crippen LogP contribution >= 0.6 is 0 Å². The molecule has 18 heavy (non-hydrogen) atoms. The van der Waals surface area contributed by atoms with E-state index in [1.54, 1.807) is 11.8 Å². The van der Waals surface area contributed by atoms with Crippen LogP contribution in [0.2, 0.25) is 0 Å². The summed E-state index contributed by atoms with van der Waals surface area (Å²) < 4.78 is 0. The maximum absolute atomic E-state index is 12.0. The number of aliphatic carboxylic acids is 1. The number of piperidine rings is 1. The molecule has 1 heterocycles. The van der Waals surface area contributed by atoms with Gasteiger partial charge in [0.15, 0.2) is 0 Å². The van der Waals surface area contributed by atoms with Gasteiger partial charge in [0.2, 0.25) is 0 Å². The number of nitrogens with one attached hydrogen (secondary N) is 2. The van der Waals surface area contributed by atoms with Crippen LogP contribution in [0.25, 0.3) is 0 Å². The maximum Gasteiger partial charge on any atom is 0.326 e. The number of hydrogen-bond donors (Lipinski definition) is 3. The quantitative estimate of drug-likeness (QED) is 0.669. The minimum atomic E-state index is -0.977. The summed E-state index contributed by atoms with van der Waals surface area (Å²) in [6, 6.07) is -1.05. The van der Waals surface area contributed by atoms with Crippen molar-refractivity contribution in [3.8, 4) is 0 Å². The topological polar surface area (TPSA) is 81.7 Å². The SMILES string of the molecule is CC[C@H](NC(=O)N1CCCC(CNC)C1)C(=O)O. The second-order valence-corrected chi connectivity index (χ2v) is 4.76. The Kier molecular flexibility index (Phi) is 5.91. The summed E-state index contributed by atoms with van der Waals surface area (Å²) in [5.74, 6) is -0.519. The van der Waals surface area contributed by atoms with Crippen LogP contribution in [0.15, 0.2) is 0 Å². The molecule has 0 aromatic carbocycles. The molecule has 1 unspecified atom stereocenters. The zero-order chi connectivity index (χ0) is 13.5. The van der Waals surface area contributed by atoms with Gasteiger partial charge in [-0.15, -0.1) is 0 Å². The van der Waals surface area contributed by atoms with Gasteiger partial charge in [0.05, 0.1) is 0 Å². The molecule has 0 bridgehead atoms. The highest BCUT2D eigenvalue weighted by atomic mass is 16.4. The van der Waals surface area contributed by atoms with Gasteiger partial charge < -0.3 is 20.6 Å². The number of carboxylic acid groups (broad SMARTS) is 1. The van der Waals surface area contributed by atoms with Crippen molar-refractivity contribution in [3.05, 3.63) is 0 Å². The first-order valence-electron chi connectivity index (χ1n) is 6.51. The monoisotopic (exact) mass is 257 g/mol. The minimum absolute atomic E-state index is 0.259. The van der Waals surface area contributed by atoms with Gasteiger partial charge in [-0.05, 0) is 38.8 Å². The van der Waals surface area contributed by atoms with E-state index in [1.165, 1.54) is 0 Å². The van der Waals surface area contributed by atoms with Crippen LogP contribution in [0.4, 0.5) is 4.79 Å². The van der Waals surface area contributed by atoms with Crippen molar-refractivity contribution in [2.75, 3.05) is 26.7 Å². The molecule has 104 valence electrons. The lowest BCUT2D eigenvalue weighted by Crippen LogP contribution is -2.51. The van der Waals surface area contributed by atoms with Crippen molar-refractivity contribution in [1.82, 2.24) is 15.5 Å². The molecule has 2 atom stereocenters. The number of likely N-dealkylation sites (tertiary alicyclic amines) is 1. The van der Waals surface area contributed by atoms with Crippen LogP contribution in [-0.2, 0) is 4.79 Å². The lowest BCUT2D eigenvalue weighted by Gasteiger charge is -2.33. The van der Waals surface area contributed by atoms with Crippen LogP contribution in [0.5, 0.6) is 0 Å². The molecule has 1 aliphatic rings. The lowest BCUT2D eigenvalue weighted by atomic mass is 9.98. The summed E-state index contributed by atoms with van der Waals surface area (Å²) >= 11 is 0. The zero-order valence-corrected chi connectivity index (χ0v) is 11.1. The molecule has 0 radical (unpaired) electrons. The van der Waals surface area contributed by atoms with Crippen LogP contribution < -0.4 is 10.6 Å². The van der Waals surface area contributed by atoms with Crippen molar-refractivity contribution in [2.45, 2.75) is 32.2 Å². The number of nitrogens with zero attached hydrogens (tertiary/aromatic N) is 1. The molecule has 2 amide bonds. The molecule has 1 aliphatic heterocycles. The maximum atomic E-state index is 12.0. The number of carbonyl (C=O) groups is 2. The molecule has 1 fully saturated rings. The number of carboxylic acids is 1. The molecule has 0 saturated carbocycles. The second kappa shape index (κ2) is 7.20. The number of amides is 2. The Morgan fingerprint density at radius 2 is 2.22 bits per heavy atom. The largest absolute Gasteiger partial charge is 0.480 e. The Bertz CT molecular complexity index is 294. The van der Waals surface area contributed by atoms with Gasteiger partial charge in [-0.1, -0.05) is 6.92 Å². The molecule has 6 heteroatoms. The summed E-state index contributed by atoms with van der Waals surface area (Å²) in [6.45, 7) is 4.05. The lowest BCUT2D eigenvalue weighted by molar-refractivity contribution is -0.139. The highest BCUT2D eigenvalue weighted by Crippen LogP contribution is 2.15. The molecule has 1 rings (SSSR count). The van der Waals surface area contributed by atoms with E-state index < -0.39 is 12.0 Å². The van der Waals surface area contributed by atoms with Gasteiger partial charge in [0.25, 0.3) is 0 Å². The highest BCUT2D eigenvalue weighted by molar-refractivity contribution is 5.82. The standard InChI is InChI=1S/C12H23N3O3/c1-3-10(11(16)17)14-12(18)15-6-4-5-9(8-15)7-13-2/h9-10,13H,3-8H2,1-2H3,(H,14,18)(H,16,17)/t9?,10-/m0/s1. The number of carbonyl (C=O) groups excluding carboxylic acids is 1. The van der Waals surface area contributed by atoms with Crippen molar-refractivity contribution < 1.29 is 14.7 Å². The fourth-order valence-electron chi connectivity index (χ4n) is 2.28. The van der Waals surface area contributed by atoms with Crippen molar-refractivity contribution in [1.29, 1.82) is 0 Å². The van der Waals surface area contributed by atoms with E-state index >= 15 is 0 Å². The van der Waals surface area contributed by atoms with Crippen LogP contribution in [0, 0.1) is 5.92 Å². The summed E-state index contributed by atoms with van der Waals surface area (Å²) in [6.07, 6.45) is 2.49. The van der Waals surface area contributed by atoms with Gasteiger partial charge >= 0.3 is 12.0 Å². The fourth-order valence-corrected chi connectivity index (χ4v) is 2.28. The molecule has 0 aliphatic carbocycles. The number of hydrogen-bond acceptors (Lipinski definition) is 3. The molecular weight excluding hydrogens is 234 g/mol. The molecule has 0 aromatic heterocycles. The Balaban J connectivity index is 2.47. The zero-order valence-electron chi connectivity index (χ0n) is 11.1. The molecule has 0 aromatic rings. The van der Waals surface area contributed by atoms with Crippen molar-refractivity contribution >= 4 is 12.0 Å². The third-order valence-electron chi connectivity index (χ3n) is 3.30. The molecule has 1 saturated heterocycles. The first-order valence-corrected chi connectivity index (χ1v) is 6.51. The van der Waals surface area contributed by atoms with Gasteiger partial charge in [-0.2, -0.15) is 0 Å².